The maximum Gasteiger partial charge on any atom is 0.303 e. The zero-order valence-electron chi connectivity index (χ0n) is 27.3. The first-order chi connectivity index (χ1) is 21.4. The average Bonchev–Trinajstić information content (AvgIpc) is 3.01. The van der Waals surface area contributed by atoms with Crippen molar-refractivity contribution in [2.45, 2.75) is 64.2 Å². The molecule has 0 saturated carbocycles. The van der Waals surface area contributed by atoms with Crippen LogP contribution in [0.25, 0.3) is 0 Å². The molecule has 44 heavy (non-hydrogen) atoms. The van der Waals surface area contributed by atoms with Gasteiger partial charge in [-0.15, -0.1) is 0 Å². The predicted molar refractivity (Wildman–Crippen MR) is 167 cm³/mol. The lowest BCUT2D eigenvalue weighted by atomic mass is 10.2. The van der Waals surface area contributed by atoms with Crippen molar-refractivity contribution in [3.8, 4) is 0 Å². The second kappa shape index (κ2) is 51.1. The molecule has 268 valence electrons. The van der Waals surface area contributed by atoms with Crippen LogP contribution in [0.15, 0.2) is 0 Å². The molecule has 0 unspecified atom stereocenters. The Kier molecular flexibility index (Phi) is 57.3. The molecule has 0 spiro atoms. The van der Waals surface area contributed by atoms with Gasteiger partial charge in [0.1, 0.15) is 26.4 Å². The first-order valence-corrected chi connectivity index (χ1v) is 15.2. The fraction of sp³-hybridized carbons (Fsp3) is 0.929. The van der Waals surface area contributed by atoms with E-state index in [0.717, 1.165) is 52.0 Å². The standard InChI is InChI=1S/C8H20N2O2.C8H18O6.C6H16N2.C6H10O4/c9-3-1-5-11-7-8-12-6-2-4-10;1-9-3-5-11-13-7-8-14-12-6-4-10-2;7-5-3-1-2-4-6-8;7-5(8)3-1-2-4-6(9)10/h1-10H2;3-8H2,1-2H3;1-8H2;1-4H2,(H,7,8)(H,9,10). The highest BCUT2D eigenvalue weighted by atomic mass is 17.2. The number of aliphatic carboxylic acids is 2. The molecule has 16 heteroatoms. The summed E-state index contributed by atoms with van der Waals surface area (Å²) in [5.41, 5.74) is 21.1. The Morgan fingerprint density at radius 2 is 0.750 bits per heavy atom. The van der Waals surface area contributed by atoms with Crippen LogP contribution in [0.2, 0.25) is 0 Å². The van der Waals surface area contributed by atoms with E-state index in [0.29, 0.717) is 78.8 Å². The Balaban J connectivity index is -0.000000247. The smallest absolute Gasteiger partial charge is 0.303 e. The van der Waals surface area contributed by atoms with Gasteiger partial charge in [-0.05, 0) is 64.7 Å². The van der Waals surface area contributed by atoms with E-state index in [1.165, 1.54) is 12.8 Å². The summed E-state index contributed by atoms with van der Waals surface area (Å²) < 4.78 is 19.9. The molecular formula is C28H64N4O12. The zero-order chi connectivity index (χ0) is 33.8. The fourth-order valence-electron chi connectivity index (χ4n) is 2.43. The SMILES string of the molecule is COCCOOCCOOCCOC.NCCCCCCN.NCCCOCCOCCCN.O=C(O)CCCCC(=O)O. The van der Waals surface area contributed by atoms with Crippen molar-refractivity contribution in [3.05, 3.63) is 0 Å². The van der Waals surface area contributed by atoms with Crippen LogP contribution in [-0.4, -0.2) is 129 Å². The van der Waals surface area contributed by atoms with Gasteiger partial charge in [-0.25, -0.2) is 19.6 Å². The quantitative estimate of drug-likeness (QED) is 0.0362. The van der Waals surface area contributed by atoms with E-state index < -0.39 is 11.9 Å². The molecule has 0 fully saturated rings. The lowest BCUT2D eigenvalue weighted by Crippen LogP contribution is -2.10. The van der Waals surface area contributed by atoms with Gasteiger partial charge >= 0.3 is 11.9 Å². The highest BCUT2D eigenvalue weighted by Gasteiger charge is 1.99. The van der Waals surface area contributed by atoms with Crippen LogP contribution in [0.5, 0.6) is 0 Å². The first-order valence-electron chi connectivity index (χ1n) is 15.2. The van der Waals surface area contributed by atoms with Crippen LogP contribution in [0, 0.1) is 0 Å². The molecule has 0 rings (SSSR count). The molecule has 0 aromatic rings. The van der Waals surface area contributed by atoms with Gasteiger partial charge in [0.15, 0.2) is 0 Å². The Bertz CT molecular complexity index is 483. The van der Waals surface area contributed by atoms with Gasteiger partial charge in [0.25, 0.3) is 0 Å². The number of carbonyl (C=O) groups is 2. The van der Waals surface area contributed by atoms with Gasteiger partial charge in [0, 0.05) is 40.3 Å². The largest absolute Gasteiger partial charge is 0.481 e. The molecule has 16 nitrogen and oxygen atoms in total. The summed E-state index contributed by atoms with van der Waals surface area (Å²) in [6, 6.07) is 0. The molecule has 0 aliphatic rings. The molecule has 0 aromatic carbocycles. The number of hydrogen-bond donors (Lipinski definition) is 6. The van der Waals surface area contributed by atoms with Crippen molar-refractivity contribution >= 4 is 11.9 Å². The van der Waals surface area contributed by atoms with E-state index >= 15 is 0 Å². The molecule has 0 heterocycles. The monoisotopic (exact) mass is 648 g/mol. The number of carboxylic acid groups (broad SMARTS) is 2. The van der Waals surface area contributed by atoms with Crippen molar-refractivity contribution in [2.24, 2.45) is 22.9 Å². The molecule has 0 saturated heterocycles. The molecule has 0 aliphatic carbocycles. The van der Waals surface area contributed by atoms with Crippen LogP contribution in [0.1, 0.15) is 64.2 Å². The van der Waals surface area contributed by atoms with E-state index in [4.69, 9.17) is 71.6 Å². The van der Waals surface area contributed by atoms with E-state index in [1.54, 1.807) is 14.2 Å². The van der Waals surface area contributed by atoms with Crippen LogP contribution in [-0.2, 0) is 48.1 Å². The average molecular weight is 649 g/mol. The first kappa shape index (κ1) is 49.3. The summed E-state index contributed by atoms with van der Waals surface area (Å²) in [5.74, 6) is -1.74. The number of methoxy groups -OCH3 is 2. The Hall–Kier alpha value is -1.54. The highest BCUT2D eigenvalue weighted by molar-refractivity contribution is 5.67. The number of ether oxygens (including phenoxy) is 4. The van der Waals surface area contributed by atoms with Crippen molar-refractivity contribution < 1.29 is 58.3 Å². The normalized spacial score (nSPS) is 10.1. The molecule has 0 bridgehead atoms. The number of hydrogen-bond acceptors (Lipinski definition) is 14. The number of rotatable bonds is 30. The number of unbranched alkanes of at least 4 members (excludes halogenated alkanes) is 4. The lowest BCUT2D eigenvalue weighted by Gasteiger charge is -2.04. The van der Waals surface area contributed by atoms with Crippen molar-refractivity contribution in [2.75, 3.05) is 106 Å². The molecule has 0 amide bonds. The van der Waals surface area contributed by atoms with Crippen LogP contribution >= 0.6 is 0 Å². The minimum absolute atomic E-state index is 0.0628. The summed E-state index contributed by atoms with van der Waals surface area (Å²) in [4.78, 5) is 38.7. The third kappa shape index (κ3) is 67.9. The van der Waals surface area contributed by atoms with Crippen molar-refractivity contribution in [1.29, 1.82) is 0 Å². The van der Waals surface area contributed by atoms with Crippen LogP contribution in [0.3, 0.4) is 0 Å². The predicted octanol–water partition coefficient (Wildman–Crippen LogP) is 1.07. The van der Waals surface area contributed by atoms with E-state index in [9.17, 15) is 9.59 Å². The molecule has 0 radical (unpaired) electrons. The van der Waals surface area contributed by atoms with Gasteiger partial charge in [-0.3, -0.25) is 9.59 Å². The van der Waals surface area contributed by atoms with Gasteiger partial charge in [0.05, 0.1) is 26.4 Å². The molecule has 0 atom stereocenters. The summed E-state index contributed by atoms with van der Waals surface area (Å²) in [6.45, 7) is 8.26. The van der Waals surface area contributed by atoms with Crippen molar-refractivity contribution in [1.82, 2.24) is 0 Å². The minimum Gasteiger partial charge on any atom is -0.481 e. The summed E-state index contributed by atoms with van der Waals surface area (Å²) in [5, 5.41) is 16.3. The molecule has 10 N–H and O–H groups in total. The Morgan fingerprint density at radius 3 is 1.02 bits per heavy atom. The van der Waals surface area contributed by atoms with E-state index in [-0.39, 0.29) is 12.8 Å². The second-order valence-electron chi connectivity index (χ2n) is 8.77. The van der Waals surface area contributed by atoms with E-state index in [1.807, 2.05) is 0 Å². The lowest BCUT2D eigenvalue weighted by molar-refractivity contribution is -0.343. The Morgan fingerprint density at radius 1 is 0.432 bits per heavy atom. The maximum atomic E-state index is 9.90. The maximum absolute atomic E-state index is 9.90. The molecule has 0 aromatic heterocycles. The zero-order valence-corrected chi connectivity index (χ0v) is 27.3. The Labute approximate surface area is 264 Å². The third-order valence-electron chi connectivity index (χ3n) is 4.71. The minimum atomic E-state index is -0.870. The highest BCUT2D eigenvalue weighted by Crippen LogP contribution is 1.98. The second-order valence-corrected chi connectivity index (χ2v) is 8.77. The fourth-order valence-corrected chi connectivity index (χ4v) is 2.43. The summed E-state index contributed by atoms with van der Waals surface area (Å²) >= 11 is 0. The van der Waals surface area contributed by atoms with Gasteiger partial charge in [-0.1, -0.05) is 12.8 Å². The van der Waals surface area contributed by atoms with Gasteiger partial charge < -0.3 is 52.1 Å². The third-order valence-corrected chi connectivity index (χ3v) is 4.71. The number of nitrogens with two attached hydrogens (primary N) is 4. The van der Waals surface area contributed by atoms with Gasteiger partial charge in [0.2, 0.25) is 0 Å². The number of carboxylic acids is 2. The summed E-state index contributed by atoms with van der Waals surface area (Å²) in [7, 11) is 3.19. The van der Waals surface area contributed by atoms with Gasteiger partial charge in [-0.2, -0.15) is 0 Å². The topological polar surface area (TPSA) is 253 Å². The van der Waals surface area contributed by atoms with Crippen LogP contribution < -0.4 is 22.9 Å². The van der Waals surface area contributed by atoms with Crippen molar-refractivity contribution in [3.63, 3.8) is 0 Å². The molecule has 0 aliphatic heterocycles. The molecular weight excluding hydrogens is 584 g/mol. The van der Waals surface area contributed by atoms with Crippen LogP contribution in [0.4, 0.5) is 0 Å². The van der Waals surface area contributed by atoms with E-state index in [2.05, 4.69) is 0 Å². The summed E-state index contributed by atoms with van der Waals surface area (Å²) in [6.07, 6.45) is 7.65.